The van der Waals surface area contributed by atoms with E-state index in [0.29, 0.717) is 0 Å². The number of rotatable bonds is 0. The zero-order valence-electron chi connectivity index (χ0n) is 5.89. The molecular formula is C8H12BrN. The summed E-state index contributed by atoms with van der Waals surface area (Å²) in [4.78, 5) is 0. The van der Waals surface area contributed by atoms with Gasteiger partial charge in [0.05, 0.1) is 13.1 Å². The average Bonchev–Trinajstić information content (AvgIpc) is 2.33. The normalized spacial score (nSPS) is 28.8. The van der Waals surface area contributed by atoms with E-state index < -0.39 is 0 Å². The van der Waals surface area contributed by atoms with Gasteiger partial charge in [0.15, 0.2) is 0 Å². The molecule has 1 nitrogen and oxygen atoms in total. The van der Waals surface area contributed by atoms with Crippen LogP contribution in [0.5, 0.6) is 0 Å². The van der Waals surface area contributed by atoms with Crippen molar-refractivity contribution in [1.82, 2.24) is 0 Å². The molecule has 1 unspecified atom stereocenters. The van der Waals surface area contributed by atoms with Gasteiger partial charge in [-0.2, -0.15) is 0 Å². The first-order valence-corrected chi connectivity index (χ1v) is 3.64. The van der Waals surface area contributed by atoms with Crippen molar-refractivity contribution in [2.24, 2.45) is 5.92 Å². The summed E-state index contributed by atoms with van der Waals surface area (Å²) in [6.45, 7) is 2.56. The minimum absolute atomic E-state index is 0. The van der Waals surface area contributed by atoms with E-state index in [9.17, 15) is 0 Å². The van der Waals surface area contributed by atoms with Crippen LogP contribution in [0, 0.1) is 5.92 Å². The maximum Gasteiger partial charge on any atom is 0.0980 e. The third kappa shape index (κ3) is 1.32. The van der Waals surface area contributed by atoms with Crippen molar-refractivity contribution in [2.75, 3.05) is 13.1 Å². The molecule has 0 radical (unpaired) electrons. The van der Waals surface area contributed by atoms with E-state index >= 15 is 0 Å². The maximum absolute atomic E-state index is 2.39. The van der Waals surface area contributed by atoms with Crippen LogP contribution >= 0.6 is 0 Å². The predicted octanol–water partition coefficient (Wildman–Crippen LogP) is -2.93. The third-order valence-electron chi connectivity index (χ3n) is 2.22. The van der Waals surface area contributed by atoms with Crippen LogP contribution in [0.15, 0.2) is 23.8 Å². The summed E-state index contributed by atoms with van der Waals surface area (Å²) in [6, 6.07) is 0. The molecule has 10 heavy (non-hydrogen) atoms. The first-order chi connectivity index (χ1) is 4.47. The number of hydrogen-bond donors (Lipinski definition) is 1. The lowest BCUT2D eigenvalue weighted by atomic mass is 9.95. The molecule has 1 aliphatic carbocycles. The van der Waals surface area contributed by atoms with Gasteiger partial charge in [-0.05, 0) is 12.0 Å². The summed E-state index contributed by atoms with van der Waals surface area (Å²) < 4.78 is 0. The second-order valence-corrected chi connectivity index (χ2v) is 2.83. The molecule has 1 aliphatic heterocycles. The van der Waals surface area contributed by atoms with Crippen molar-refractivity contribution in [2.45, 2.75) is 6.42 Å². The number of allylic oxidation sites excluding steroid dienone is 3. The average molecular weight is 202 g/mol. The lowest BCUT2D eigenvalue weighted by molar-refractivity contribution is -0.635. The van der Waals surface area contributed by atoms with Gasteiger partial charge < -0.3 is 22.3 Å². The van der Waals surface area contributed by atoms with Gasteiger partial charge in [-0.25, -0.2) is 0 Å². The molecule has 2 heteroatoms. The minimum Gasteiger partial charge on any atom is -1.00 e. The van der Waals surface area contributed by atoms with Crippen LogP contribution < -0.4 is 22.3 Å². The Kier molecular flexibility index (Phi) is 2.69. The molecule has 0 spiro atoms. The fourth-order valence-electron chi connectivity index (χ4n) is 1.66. The van der Waals surface area contributed by atoms with Crippen LogP contribution in [0.3, 0.4) is 0 Å². The third-order valence-corrected chi connectivity index (χ3v) is 2.22. The molecule has 0 bridgehead atoms. The zero-order valence-corrected chi connectivity index (χ0v) is 7.47. The highest BCUT2D eigenvalue weighted by molar-refractivity contribution is 5.22. The minimum atomic E-state index is 0. The number of halogens is 1. The molecule has 56 valence electrons. The fraction of sp³-hybridized carbons (Fsp3) is 0.500. The Morgan fingerprint density at radius 2 is 2.40 bits per heavy atom. The van der Waals surface area contributed by atoms with Gasteiger partial charge in [0, 0.05) is 5.92 Å². The van der Waals surface area contributed by atoms with Crippen molar-refractivity contribution >= 4 is 0 Å². The van der Waals surface area contributed by atoms with Gasteiger partial charge in [-0.1, -0.05) is 18.2 Å². The highest BCUT2D eigenvalue weighted by atomic mass is 79.9. The van der Waals surface area contributed by atoms with E-state index in [2.05, 4.69) is 23.5 Å². The Morgan fingerprint density at radius 3 is 3.20 bits per heavy atom. The van der Waals surface area contributed by atoms with Crippen LogP contribution in [-0.2, 0) is 0 Å². The quantitative estimate of drug-likeness (QED) is 0.433. The Hall–Kier alpha value is -0.0800. The Labute approximate surface area is 72.0 Å². The topological polar surface area (TPSA) is 16.6 Å². The standard InChI is InChI=1S/C8H11N.BrH/c1-2-4-8-6-9-5-7(8)3-1;/h1-3,8-9H,4-6H2;1H. The second kappa shape index (κ2) is 3.35. The maximum atomic E-state index is 2.39. The van der Waals surface area contributed by atoms with Crippen molar-refractivity contribution in [3.63, 3.8) is 0 Å². The molecule has 2 rings (SSSR count). The summed E-state index contributed by atoms with van der Waals surface area (Å²) in [5, 5.41) is 2.39. The summed E-state index contributed by atoms with van der Waals surface area (Å²) in [5.41, 5.74) is 1.65. The first-order valence-electron chi connectivity index (χ1n) is 3.64. The predicted molar refractivity (Wildman–Crippen MR) is 37.0 cm³/mol. The zero-order chi connectivity index (χ0) is 6.10. The lowest BCUT2D eigenvalue weighted by Crippen LogP contribution is -3.00. The Bertz CT molecular complexity index is 172. The van der Waals surface area contributed by atoms with Crippen LogP contribution in [0.4, 0.5) is 0 Å². The van der Waals surface area contributed by atoms with E-state index in [-0.39, 0.29) is 17.0 Å². The molecule has 0 saturated carbocycles. The molecule has 0 aromatic carbocycles. The van der Waals surface area contributed by atoms with Crippen LogP contribution in [0.2, 0.25) is 0 Å². The Morgan fingerprint density at radius 1 is 1.50 bits per heavy atom. The van der Waals surface area contributed by atoms with Crippen molar-refractivity contribution in [3.05, 3.63) is 23.8 Å². The molecule has 1 atom stereocenters. The highest BCUT2D eigenvalue weighted by Crippen LogP contribution is 2.19. The molecule has 1 saturated heterocycles. The molecule has 0 aromatic heterocycles. The van der Waals surface area contributed by atoms with Crippen molar-refractivity contribution < 1.29 is 22.3 Å². The smallest absolute Gasteiger partial charge is 0.0980 e. The Balaban J connectivity index is 0.000000500. The largest absolute Gasteiger partial charge is 1.00 e. The first kappa shape index (κ1) is 8.02. The van der Waals surface area contributed by atoms with Crippen LogP contribution in [0.25, 0.3) is 0 Å². The lowest BCUT2D eigenvalue weighted by Gasteiger charge is -2.06. The van der Waals surface area contributed by atoms with E-state index in [1.54, 1.807) is 5.57 Å². The molecule has 1 fully saturated rings. The molecule has 2 N–H and O–H groups in total. The second-order valence-electron chi connectivity index (χ2n) is 2.83. The summed E-state index contributed by atoms with van der Waals surface area (Å²) in [6.07, 6.45) is 8.01. The SMILES string of the molecule is C1=CCC2C[NH2+]CC2=C1.[Br-]. The van der Waals surface area contributed by atoms with E-state index in [1.165, 1.54) is 19.5 Å². The van der Waals surface area contributed by atoms with Crippen LogP contribution in [-0.4, -0.2) is 13.1 Å². The van der Waals surface area contributed by atoms with Crippen molar-refractivity contribution in [3.8, 4) is 0 Å². The number of quaternary nitrogens is 1. The highest BCUT2D eigenvalue weighted by Gasteiger charge is 2.23. The van der Waals surface area contributed by atoms with Gasteiger partial charge in [0.2, 0.25) is 0 Å². The molecule has 0 amide bonds. The molecular weight excluding hydrogens is 190 g/mol. The van der Waals surface area contributed by atoms with Crippen molar-refractivity contribution in [1.29, 1.82) is 0 Å². The van der Waals surface area contributed by atoms with Gasteiger partial charge >= 0.3 is 0 Å². The van der Waals surface area contributed by atoms with Gasteiger partial charge in [0.25, 0.3) is 0 Å². The van der Waals surface area contributed by atoms with E-state index in [4.69, 9.17) is 0 Å². The summed E-state index contributed by atoms with van der Waals surface area (Å²) in [5.74, 6) is 0.884. The van der Waals surface area contributed by atoms with E-state index in [1.807, 2.05) is 0 Å². The van der Waals surface area contributed by atoms with Gasteiger partial charge in [-0.15, -0.1) is 0 Å². The van der Waals surface area contributed by atoms with Crippen LogP contribution in [0.1, 0.15) is 6.42 Å². The molecule has 2 aliphatic rings. The fourth-order valence-corrected chi connectivity index (χ4v) is 1.66. The number of hydrogen-bond acceptors (Lipinski definition) is 0. The number of nitrogens with two attached hydrogens (primary N) is 1. The van der Waals surface area contributed by atoms with Gasteiger partial charge in [-0.3, -0.25) is 0 Å². The number of fused-ring (bicyclic) bond motifs is 1. The van der Waals surface area contributed by atoms with E-state index in [0.717, 1.165) is 5.92 Å². The summed E-state index contributed by atoms with van der Waals surface area (Å²) >= 11 is 0. The molecule has 0 aromatic rings. The van der Waals surface area contributed by atoms with Gasteiger partial charge in [0.1, 0.15) is 0 Å². The monoisotopic (exact) mass is 201 g/mol. The molecule has 1 heterocycles. The summed E-state index contributed by atoms with van der Waals surface area (Å²) in [7, 11) is 0.